The Morgan fingerprint density at radius 1 is 0.900 bits per heavy atom. The number of benzene rings is 3. The molecule has 0 spiro atoms. The van der Waals surface area contributed by atoms with E-state index < -0.39 is 10.0 Å². The predicted octanol–water partition coefficient (Wildman–Crippen LogP) is 4.03. The van der Waals surface area contributed by atoms with E-state index in [-0.39, 0.29) is 16.8 Å². The predicted molar refractivity (Wildman–Crippen MR) is 118 cm³/mol. The van der Waals surface area contributed by atoms with Gasteiger partial charge in [0.25, 0.3) is 15.9 Å². The molecule has 2 aliphatic rings. The van der Waals surface area contributed by atoms with Crippen LogP contribution in [0.1, 0.15) is 28.4 Å². The van der Waals surface area contributed by atoms with E-state index in [9.17, 15) is 13.2 Å². The fourth-order valence-corrected chi connectivity index (χ4v) is 6.25. The zero-order valence-corrected chi connectivity index (χ0v) is 17.5. The number of rotatable bonds is 3. The highest BCUT2D eigenvalue weighted by molar-refractivity contribution is 7.92. The normalized spacial score (nSPS) is 17.7. The molecule has 3 aromatic carbocycles. The molecule has 0 bridgehead atoms. The molecule has 0 aliphatic carbocycles. The molecule has 1 unspecified atom stereocenters. The number of nitrogens with zero attached hydrogens (tertiary/aromatic N) is 2. The van der Waals surface area contributed by atoms with Crippen LogP contribution in [-0.2, 0) is 22.9 Å². The van der Waals surface area contributed by atoms with Crippen LogP contribution < -0.4 is 9.21 Å². The second-order valence-electron chi connectivity index (χ2n) is 7.85. The highest BCUT2D eigenvalue weighted by Crippen LogP contribution is 2.37. The summed E-state index contributed by atoms with van der Waals surface area (Å²) in [5.74, 6) is -0.174. The van der Waals surface area contributed by atoms with E-state index in [1.165, 1.54) is 10.4 Å². The van der Waals surface area contributed by atoms with Gasteiger partial charge >= 0.3 is 0 Å². The van der Waals surface area contributed by atoms with Crippen molar-refractivity contribution in [1.82, 2.24) is 0 Å². The molecular formula is C24H22N2O3S. The summed E-state index contributed by atoms with van der Waals surface area (Å²) >= 11 is 0. The summed E-state index contributed by atoms with van der Waals surface area (Å²) in [4.78, 5) is 15.1. The van der Waals surface area contributed by atoms with Crippen LogP contribution >= 0.6 is 0 Å². The van der Waals surface area contributed by atoms with Crippen LogP contribution in [0.3, 0.4) is 0 Å². The van der Waals surface area contributed by atoms with E-state index in [0.29, 0.717) is 18.5 Å². The molecule has 2 aliphatic heterocycles. The number of fused-ring (bicyclic) bond motifs is 2. The van der Waals surface area contributed by atoms with E-state index in [0.717, 1.165) is 28.9 Å². The van der Waals surface area contributed by atoms with Gasteiger partial charge in [0.2, 0.25) is 0 Å². The van der Waals surface area contributed by atoms with Gasteiger partial charge in [0.1, 0.15) is 0 Å². The van der Waals surface area contributed by atoms with Crippen LogP contribution in [-0.4, -0.2) is 26.9 Å². The number of carbonyl (C=O) groups is 1. The number of hydrogen-bond acceptors (Lipinski definition) is 3. The molecule has 1 amide bonds. The second kappa shape index (κ2) is 6.99. The molecule has 0 saturated carbocycles. The Kier molecular flexibility index (Phi) is 4.40. The summed E-state index contributed by atoms with van der Waals surface area (Å²) in [7, 11) is -3.78. The first-order valence-electron chi connectivity index (χ1n) is 10.1. The van der Waals surface area contributed by atoms with Gasteiger partial charge in [0, 0.05) is 23.8 Å². The summed E-state index contributed by atoms with van der Waals surface area (Å²) < 4.78 is 28.5. The number of amides is 1. The van der Waals surface area contributed by atoms with Crippen molar-refractivity contribution >= 4 is 27.3 Å². The van der Waals surface area contributed by atoms with Crippen LogP contribution in [0.15, 0.2) is 77.7 Å². The highest BCUT2D eigenvalue weighted by atomic mass is 32.2. The van der Waals surface area contributed by atoms with Gasteiger partial charge in [-0.2, -0.15) is 0 Å². The van der Waals surface area contributed by atoms with Gasteiger partial charge in [-0.3, -0.25) is 9.10 Å². The number of sulfonamides is 1. The van der Waals surface area contributed by atoms with Gasteiger partial charge < -0.3 is 4.90 Å². The zero-order chi connectivity index (χ0) is 20.9. The lowest BCUT2D eigenvalue weighted by atomic mass is 10.1. The fourth-order valence-electron chi connectivity index (χ4n) is 4.51. The first kappa shape index (κ1) is 18.9. The molecule has 0 N–H and O–H groups in total. The number of para-hydroxylation sites is 2. The van der Waals surface area contributed by atoms with E-state index in [2.05, 4.69) is 0 Å². The van der Waals surface area contributed by atoms with Gasteiger partial charge in [-0.15, -0.1) is 0 Å². The Balaban J connectivity index is 1.51. The molecule has 2 heterocycles. The Hall–Kier alpha value is -3.12. The smallest absolute Gasteiger partial charge is 0.264 e. The lowest BCUT2D eigenvalue weighted by Crippen LogP contribution is -2.36. The number of hydrogen-bond donors (Lipinski definition) is 0. The molecule has 5 rings (SSSR count). The van der Waals surface area contributed by atoms with Crippen LogP contribution in [0.5, 0.6) is 0 Å². The van der Waals surface area contributed by atoms with Crippen LogP contribution in [0, 0.1) is 0 Å². The quantitative estimate of drug-likeness (QED) is 0.645. The third kappa shape index (κ3) is 2.91. The van der Waals surface area contributed by atoms with Gasteiger partial charge in [-0.05, 0) is 61.2 Å². The summed E-state index contributed by atoms with van der Waals surface area (Å²) in [5.41, 5.74) is 4.16. The maximum Gasteiger partial charge on any atom is 0.264 e. The van der Waals surface area contributed by atoms with Crippen molar-refractivity contribution < 1.29 is 13.2 Å². The Morgan fingerprint density at radius 3 is 2.40 bits per heavy atom. The zero-order valence-electron chi connectivity index (χ0n) is 16.7. The molecule has 0 radical (unpaired) electrons. The molecule has 1 atom stereocenters. The van der Waals surface area contributed by atoms with Crippen molar-refractivity contribution in [3.63, 3.8) is 0 Å². The lowest BCUT2D eigenvalue weighted by molar-refractivity contribution is 0.0989. The summed E-state index contributed by atoms with van der Waals surface area (Å²) in [6.07, 6.45) is 1.49. The molecule has 5 nitrogen and oxygen atoms in total. The van der Waals surface area contributed by atoms with Crippen molar-refractivity contribution in [2.45, 2.75) is 30.7 Å². The average Bonchev–Trinajstić information content (AvgIpc) is 3.33. The molecule has 0 fully saturated rings. The van der Waals surface area contributed by atoms with Crippen molar-refractivity contribution in [1.29, 1.82) is 0 Å². The third-order valence-corrected chi connectivity index (χ3v) is 7.84. The van der Waals surface area contributed by atoms with Gasteiger partial charge in [-0.1, -0.05) is 42.5 Å². The van der Waals surface area contributed by atoms with Crippen LogP contribution in [0.25, 0.3) is 0 Å². The second-order valence-corrected chi connectivity index (χ2v) is 9.66. The monoisotopic (exact) mass is 418 g/mol. The van der Waals surface area contributed by atoms with Crippen molar-refractivity contribution in [2.75, 3.05) is 15.7 Å². The molecule has 0 aromatic heterocycles. The standard InChI is InChI=1S/C24H22N2O3S/c1-17-15-19-8-3-5-12-23(19)26(17)30(28,29)21-10-6-9-20(16-21)24(27)25-14-13-18-7-2-4-11-22(18)25/h2-12,16-17H,13-15H2,1H3. The minimum absolute atomic E-state index is 0.143. The number of anilines is 2. The summed E-state index contributed by atoms with van der Waals surface area (Å²) in [6.45, 7) is 2.51. The van der Waals surface area contributed by atoms with E-state index in [1.54, 1.807) is 23.1 Å². The lowest BCUT2D eigenvalue weighted by Gasteiger charge is -2.25. The summed E-state index contributed by atoms with van der Waals surface area (Å²) in [6, 6.07) is 21.7. The van der Waals surface area contributed by atoms with Crippen molar-refractivity contribution in [2.24, 2.45) is 0 Å². The Bertz CT molecular complexity index is 1250. The first-order valence-corrected chi connectivity index (χ1v) is 11.5. The minimum Gasteiger partial charge on any atom is -0.308 e. The van der Waals surface area contributed by atoms with E-state index in [1.807, 2.05) is 55.5 Å². The minimum atomic E-state index is -3.78. The van der Waals surface area contributed by atoms with Crippen molar-refractivity contribution in [3.05, 3.63) is 89.5 Å². The molecule has 3 aromatic rings. The first-order chi connectivity index (χ1) is 14.5. The Labute approximate surface area is 176 Å². The summed E-state index contributed by atoms with van der Waals surface area (Å²) in [5, 5.41) is 0. The molecule has 152 valence electrons. The van der Waals surface area contributed by atoms with E-state index >= 15 is 0 Å². The van der Waals surface area contributed by atoms with Gasteiger partial charge in [0.15, 0.2) is 0 Å². The Morgan fingerprint density at radius 2 is 1.60 bits per heavy atom. The fraction of sp³-hybridized carbons (Fsp3) is 0.208. The maximum atomic E-state index is 13.5. The highest BCUT2D eigenvalue weighted by Gasteiger charge is 2.36. The van der Waals surface area contributed by atoms with E-state index in [4.69, 9.17) is 0 Å². The topological polar surface area (TPSA) is 57.7 Å². The molecule has 6 heteroatoms. The van der Waals surface area contributed by atoms with Crippen LogP contribution in [0.4, 0.5) is 11.4 Å². The largest absolute Gasteiger partial charge is 0.308 e. The molecule has 0 saturated heterocycles. The van der Waals surface area contributed by atoms with Crippen LogP contribution in [0.2, 0.25) is 0 Å². The van der Waals surface area contributed by atoms with Gasteiger partial charge in [0.05, 0.1) is 10.6 Å². The maximum absolute atomic E-state index is 13.5. The van der Waals surface area contributed by atoms with Gasteiger partial charge in [-0.25, -0.2) is 8.42 Å². The SMILES string of the molecule is CC1Cc2ccccc2N1S(=O)(=O)c1cccc(C(=O)N2CCc3ccccc32)c1. The van der Waals surface area contributed by atoms with Crippen molar-refractivity contribution in [3.8, 4) is 0 Å². The number of carbonyl (C=O) groups excluding carboxylic acids is 1. The molecule has 30 heavy (non-hydrogen) atoms. The third-order valence-electron chi connectivity index (χ3n) is 5.91. The molecular weight excluding hydrogens is 396 g/mol. The average molecular weight is 419 g/mol.